The van der Waals surface area contributed by atoms with Crippen LogP contribution in [0.3, 0.4) is 0 Å². The molecule has 0 unspecified atom stereocenters. The molecule has 0 radical (unpaired) electrons. The number of nitrogens with one attached hydrogen (secondary N) is 1. The van der Waals surface area contributed by atoms with Gasteiger partial charge in [0.15, 0.2) is 0 Å². The van der Waals surface area contributed by atoms with Gasteiger partial charge in [0.1, 0.15) is 0 Å². The zero-order valence-corrected chi connectivity index (χ0v) is 7.34. The first-order valence-electron chi connectivity index (χ1n) is 2.84. The standard InChI is InChI=1S/C3H6N3O7P/c4-1(2(7)8)5-6-3(9)13-14(10,11)12/h(H2,4,5)(H,6,9)(H,7,8)(H2,10,11,12). The molecule has 0 aliphatic carbocycles. The van der Waals surface area contributed by atoms with Crippen LogP contribution in [-0.2, 0) is 13.9 Å². The Bertz CT molecular complexity index is 318. The van der Waals surface area contributed by atoms with E-state index in [-0.39, 0.29) is 0 Å². The van der Waals surface area contributed by atoms with Crippen LogP contribution in [0.15, 0.2) is 5.10 Å². The molecule has 80 valence electrons. The lowest BCUT2D eigenvalue weighted by Gasteiger charge is -2.03. The molecule has 0 atom stereocenters. The molecule has 0 aliphatic rings. The molecule has 0 bridgehead atoms. The van der Waals surface area contributed by atoms with E-state index in [2.05, 4.69) is 9.63 Å². The molecule has 6 N–H and O–H groups in total. The monoisotopic (exact) mass is 227 g/mol. The Labute approximate surface area is 76.6 Å². The minimum absolute atomic E-state index is 0.965. The van der Waals surface area contributed by atoms with E-state index < -0.39 is 25.7 Å². The number of carboxylic acids is 1. The highest BCUT2D eigenvalue weighted by Gasteiger charge is 2.20. The quantitative estimate of drug-likeness (QED) is 0.158. The van der Waals surface area contributed by atoms with Crippen molar-refractivity contribution in [3.63, 3.8) is 0 Å². The Morgan fingerprint density at radius 3 is 2.29 bits per heavy atom. The van der Waals surface area contributed by atoms with Gasteiger partial charge in [-0.15, -0.1) is 5.10 Å². The Morgan fingerprint density at radius 2 is 1.93 bits per heavy atom. The average molecular weight is 227 g/mol. The molecule has 0 fully saturated rings. The van der Waals surface area contributed by atoms with Crippen LogP contribution in [0.2, 0.25) is 0 Å². The smallest absolute Gasteiger partial charge is 0.475 e. The Balaban J connectivity index is 4.17. The highest BCUT2D eigenvalue weighted by Crippen LogP contribution is 2.35. The van der Waals surface area contributed by atoms with Crippen LogP contribution in [0.4, 0.5) is 4.79 Å². The molecule has 0 saturated heterocycles. The molecule has 0 spiro atoms. The Hall–Kier alpha value is -1.64. The van der Waals surface area contributed by atoms with Crippen molar-refractivity contribution < 1.29 is 33.6 Å². The molecule has 0 heterocycles. The fourth-order valence-corrected chi connectivity index (χ4v) is 0.539. The summed E-state index contributed by atoms with van der Waals surface area (Å²) < 4.78 is 13.5. The third-order valence-corrected chi connectivity index (χ3v) is 1.09. The summed E-state index contributed by atoms with van der Waals surface area (Å²) in [4.78, 5) is 36.6. The number of carbonyl (C=O) groups is 2. The highest BCUT2D eigenvalue weighted by molar-refractivity contribution is 7.46. The molecule has 0 aromatic carbocycles. The van der Waals surface area contributed by atoms with Gasteiger partial charge in [-0.3, -0.25) is 9.79 Å². The van der Waals surface area contributed by atoms with Crippen molar-refractivity contribution in [3.8, 4) is 0 Å². The summed E-state index contributed by atoms with van der Waals surface area (Å²) in [6, 6.07) is 0. The predicted molar refractivity (Wildman–Crippen MR) is 40.9 cm³/mol. The molecular weight excluding hydrogens is 221 g/mol. The molecule has 1 amide bonds. The summed E-state index contributed by atoms with van der Waals surface area (Å²) in [5, 5.41) is 10.9. The van der Waals surface area contributed by atoms with Crippen LogP contribution in [0.5, 0.6) is 0 Å². The number of carbonyl (C=O) groups excluding carboxylic acids is 1. The van der Waals surface area contributed by atoms with Crippen LogP contribution in [-0.4, -0.2) is 32.8 Å². The first-order valence-corrected chi connectivity index (χ1v) is 4.37. The van der Waals surface area contributed by atoms with Crippen molar-refractivity contribution in [1.82, 2.24) is 5.43 Å². The number of hydrazone groups is 1. The van der Waals surface area contributed by atoms with Crippen LogP contribution >= 0.6 is 7.82 Å². The maximum Gasteiger partial charge on any atom is 0.528 e. The second-order valence-electron chi connectivity index (χ2n) is 1.78. The third kappa shape index (κ3) is 5.94. The number of aliphatic carboxylic acids is 1. The van der Waals surface area contributed by atoms with Crippen LogP contribution in [0, 0.1) is 0 Å². The number of phosphoric acid groups is 1. The minimum Gasteiger partial charge on any atom is -0.475 e. The van der Waals surface area contributed by atoms with Crippen LogP contribution in [0.25, 0.3) is 0 Å². The molecule has 14 heavy (non-hydrogen) atoms. The van der Waals surface area contributed by atoms with Gasteiger partial charge in [0.2, 0.25) is 5.84 Å². The summed E-state index contributed by atoms with van der Waals surface area (Å²) in [7, 11) is -4.98. The second-order valence-corrected chi connectivity index (χ2v) is 2.95. The number of rotatable bonds is 2. The molecule has 0 saturated carbocycles. The third-order valence-electron chi connectivity index (χ3n) is 0.689. The maximum atomic E-state index is 10.4. The minimum atomic E-state index is -4.98. The Kier molecular flexibility index (Phi) is 4.02. The van der Waals surface area contributed by atoms with Crippen molar-refractivity contribution in [1.29, 1.82) is 0 Å². The lowest BCUT2D eigenvalue weighted by Crippen LogP contribution is -2.28. The number of nitrogens with two attached hydrogens (primary N) is 1. The lowest BCUT2D eigenvalue weighted by atomic mass is 10.6. The van der Waals surface area contributed by atoms with Gasteiger partial charge in [0.05, 0.1) is 0 Å². The zero-order valence-electron chi connectivity index (χ0n) is 6.45. The second kappa shape index (κ2) is 4.56. The number of amides is 1. The highest BCUT2D eigenvalue weighted by atomic mass is 31.2. The van der Waals surface area contributed by atoms with E-state index in [1.807, 2.05) is 0 Å². The number of nitrogens with zero attached hydrogens (tertiary/aromatic N) is 1. The van der Waals surface area contributed by atoms with E-state index in [0.717, 1.165) is 0 Å². The molecule has 10 nitrogen and oxygen atoms in total. The van der Waals surface area contributed by atoms with Gasteiger partial charge in [-0.05, 0) is 0 Å². The largest absolute Gasteiger partial charge is 0.528 e. The first-order chi connectivity index (χ1) is 6.22. The topological polar surface area (TPSA) is 172 Å². The Morgan fingerprint density at radius 1 is 1.43 bits per heavy atom. The van der Waals surface area contributed by atoms with Crippen LogP contribution in [0.1, 0.15) is 0 Å². The van der Waals surface area contributed by atoms with E-state index in [1.54, 1.807) is 0 Å². The fourth-order valence-electron chi connectivity index (χ4n) is 0.282. The first kappa shape index (κ1) is 12.4. The van der Waals surface area contributed by atoms with Gasteiger partial charge in [0, 0.05) is 0 Å². The predicted octanol–water partition coefficient (Wildman–Crippen LogP) is -1.84. The van der Waals surface area contributed by atoms with E-state index in [0.29, 0.717) is 0 Å². The maximum absolute atomic E-state index is 10.4. The zero-order chi connectivity index (χ0) is 11.4. The molecular formula is C3H6N3O7P. The van der Waals surface area contributed by atoms with E-state index in [4.69, 9.17) is 20.6 Å². The van der Waals surface area contributed by atoms with Crippen molar-refractivity contribution in [2.45, 2.75) is 0 Å². The summed E-state index contributed by atoms with van der Waals surface area (Å²) >= 11 is 0. The van der Waals surface area contributed by atoms with Gasteiger partial charge in [-0.2, -0.15) is 0 Å². The fraction of sp³-hybridized carbons (Fsp3) is 0. The van der Waals surface area contributed by atoms with Gasteiger partial charge in [-0.25, -0.2) is 19.6 Å². The van der Waals surface area contributed by atoms with Gasteiger partial charge in [-0.1, -0.05) is 0 Å². The SMILES string of the molecule is N/C(=N\NC(=O)OP(=O)(O)O)C(=O)O. The summed E-state index contributed by atoms with van der Waals surface area (Å²) in [5.41, 5.74) is 6.06. The average Bonchev–Trinajstić information content (AvgIpc) is 1.96. The summed E-state index contributed by atoms with van der Waals surface area (Å²) in [6.45, 7) is 0. The number of hydrogen-bond acceptors (Lipinski definition) is 5. The van der Waals surface area contributed by atoms with Crippen LogP contribution < -0.4 is 11.2 Å². The van der Waals surface area contributed by atoms with Gasteiger partial charge >= 0.3 is 19.9 Å². The normalized spacial score (nSPS) is 12.0. The summed E-state index contributed by atoms with van der Waals surface area (Å²) in [5.74, 6) is -2.57. The molecule has 11 heteroatoms. The van der Waals surface area contributed by atoms with E-state index in [9.17, 15) is 14.2 Å². The van der Waals surface area contributed by atoms with Crippen molar-refractivity contribution in [3.05, 3.63) is 0 Å². The summed E-state index contributed by atoms with van der Waals surface area (Å²) in [6.07, 6.45) is -1.62. The lowest BCUT2D eigenvalue weighted by molar-refractivity contribution is -0.129. The molecule has 0 aliphatic heterocycles. The number of hydrogen-bond donors (Lipinski definition) is 5. The van der Waals surface area contributed by atoms with Crippen molar-refractivity contribution in [2.24, 2.45) is 10.8 Å². The molecule has 0 rings (SSSR count). The molecule has 0 aromatic heterocycles. The van der Waals surface area contributed by atoms with Crippen molar-refractivity contribution >= 4 is 25.7 Å². The van der Waals surface area contributed by atoms with E-state index in [1.165, 1.54) is 5.43 Å². The number of amidine groups is 1. The van der Waals surface area contributed by atoms with E-state index >= 15 is 0 Å². The van der Waals surface area contributed by atoms with Gasteiger partial charge < -0.3 is 15.4 Å². The number of carboxylic acid groups (broad SMARTS) is 1. The van der Waals surface area contributed by atoms with Gasteiger partial charge in [0.25, 0.3) is 0 Å². The number of phosphoric ester groups is 1. The van der Waals surface area contributed by atoms with Crippen molar-refractivity contribution in [2.75, 3.05) is 0 Å². The molecule has 0 aromatic rings.